The van der Waals surface area contributed by atoms with Crippen LogP contribution in [0.15, 0.2) is 97.3 Å². The van der Waals surface area contributed by atoms with E-state index in [4.69, 9.17) is 0 Å². The minimum Gasteiger partial charge on any atom is -0.365 e. The lowest BCUT2D eigenvalue weighted by atomic mass is 10.0. The zero-order chi connectivity index (χ0) is 24.4. The Morgan fingerprint density at radius 3 is 2.29 bits per heavy atom. The number of nitrogens with zero attached hydrogens (tertiary/aromatic N) is 2. The van der Waals surface area contributed by atoms with Gasteiger partial charge in [-0.2, -0.15) is 13.2 Å². The molecular formula is C28H19F4N3. The largest absolute Gasteiger partial charge is 0.416 e. The molecule has 0 atom stereocenters. The maximum atomic E-state index is 13.6. The number of hydrogen-bond acceptors (Lipinski definition) is 3. The molecule has 0 aliphatic rings. The van der Waals surface area contributed by atoms with Crippen molar-refractivity contribution in [2.75, 3.05) is 5.32 Å². The fourth-order valence-corrected chi connectivity index (χ4v) is 3.89. The molecule has 0 bridgehead atoms. The predicted octanol–water partition coefficient (Wildman–Crippen LogP) is 7.73. The van der Waals surface area contributed by atoms with Gasteiger partial charge in [0.05, 0.1) is 11.3 Å². The SMILES string of the molecule is Fc1cccc(-c2cc3ccnc(NCc4ccc(-c5cccc(C(F)(F)F)c5)cc4)c3cn2)c1. The van der Waals surface area contributed by atoms with Crippen molar-refractivity contribution in [3.05, 3.63) is 114 Å². The van der Waals surface area contributed by atoms with Gasteiger partial charge in [-0.15, -0.1) is 0 Å². The second kappa shape index (κ2) is 9.18. The predicted molar refractivity (Wildman–Crippen MR) is 129 cm³/mol. The first kappa shape index (κ1) is 22.5. The van der Waals surface area contributed by atoms with Gasteiger partial charge in [-0.3, -0.25) is 4.98 Å². The van der Waals surface area contributed by atoms with Gasteiger partial charge < -0.3 is 5.32 Å². The van der Waals surface area contributed by atoms with Crippen molar-refractivity contribution in [1.29, 1.82) is 0 Å². The van der Waals surface area contributed by atoms with E-state index in [-0.39, 0.29) is 5.82 Å². The summed E-state index contributed by atoms with van der Waals surface area (Å²) >= 11 is 0. The highest BCUT2D eigenvalue weighted by atomic mass is 19.4. The highest BCUT2D eigenvalue weighted by molar-refractivity contribution is 5.93. The van der Waals surface area contributed by atoms with Crippen LogP contribution in [0.2, 0.25) is 0 Å². The average Bonchev–Trinajstić information content (AvgIpc) is 2.87. The molecule has 0 amide bonds. The first-order chi connectivity index (χ1) is 16.9. The van der Waals surface area contributed by atoms with Gasteiger partial charge in [0, 0.05) is 29.9 Å². The van der Waals surface area contributed by atoms with Gasteiger partial charge in [-0.1, -0.05) is 48.5 Å². The molecule has 0 fully saturated rings. The van der Waals surface area contributed by atoms with Crippen molar-refractivity contribution in [1.82, 2.24) is 9.97 Å². The first-order valence-electron chi connectivity index (χ1n) is 10.9. The Hall–Kier alpha value is -4.26. The minimum atomic E-state index is -4.38. The van der Waals surface area contributed by atoms with Gasteiger partial charge in [-0.05, 0) is 58.5 Å². The van der Waals surface area contributed by atoms with Crippen LogP contribution in [-0.4, -0.2) is 9.97 Å². The number of nitrogens with one attached hydrogen (secondary N) is 1. The maximum Gasteiger partial charge on any atom is 0.416 e. The van der Waals surface area contributed by atoms with E-state index in [1.165, 1.54) is 18.2 Å². The Morgan fingerprint density at radius 1 is 0.743 bits per heavy atom. The number of fused-ring (bicyclic) bond motifs is 1. The van der Waals surface area contributed by atoms with Crippen molar-refractivity contribution in [3.8, 4) is 22.4 Å². The van der Waals surface area contributed by atoms with Gasteiger partial charge in [-0.25, -0.2) is 9.37 Å². The molecule has 174 valence electrons. The third kappa shape index (κ3) is 4.99. The molecule has 0 unspecified atom stereocenters. The molecule has 3 nitrogen and oxygen atoms in total. The Labute approximate surface area is 199 Å². The molecule has 0 radical (unpaired) electrons. The minimum absolute atomic E-state index is 0.319. The number of alkyl halides is 3. The van der Waals surface area contributed by atoms with Crippen LogP contribution < -0.4 is 5.32 Å². The van der Waals surface area contributed by atoms with Gasteiger partial charge in [0.15, 0.2) is 0 Å². The van der Waals surface area contributed by atoms with Crippen molar-refractivity contribution in [2.24, 2.45) is 0 Å². The molecular weight excluding hydrogens is 454 g/mol. The molecule has 0 saturated carbocycles. The van der Waals surface area contributed by atoms with E-state index in [1.807, 2.05) is 24.3 Å². The zero-order valence-corrected chi connectivity index (χ0v) is 18.4. The monoisotopic (exact) mass is 473 g/mol. The highest BCUT2D eigenvalue weighted by Gasteiger charge is 2.30. The van der Waals surface area contributed by atoms with Gasteiger partial charge in [0.1, 0.15) is 11.6 Å². The molecule has 1 N–H and O–H groups in total. The van der Waals surface area contributed by atoms with E-state index in [0.29, 0.717) is 34.7 Å². The maximum absolute atomic E-state index is 13.6. The van der Waals surface area contributed by atoms with Crippen LogP contribution >= 0.6 is 0 Å². The second-order valence-corrected chi connectivity index (χ2v) is 8.09. The zero-order valence-electron chi connectivity index (χ0n) is 18.4. The summed E-state index contributed by atoms with van der Waals surface area (Å²) in [5.74, 6) is 0.336. The normalized spacial score (nSPS) is 11.5. The van der Waals surface area contributed by atoms with Crippen molar-refractivity contribution >= 4 is 16.6 Å². The van der Waals surface area contributed by atoms with Crippen LogP contribution in [0.25, 0.3) is 33.2 Å². The summed E-state index contributed by atoms with van der Waals surface area (Å²) in [5, 5.41) is 5.04. The number of pyridine rings is 2. The summed E-state index contributed by atoms with van der Waals surface area (Å²) in [6, 6.07) is 22.7. The summed E-state index contributed by atoms with van der Waals surface area (Å²) in [6.07, 6.45) is -0.976. The summed E-state index contributed by atoms with van der Waals surface area (Å²) in [7, 11) is 0. The van der Waals surface area contributed by atoms with Crippen LogP contribution in [0.1, 0.15) is 11.1 Å². The van der Waals surface area contributed by atoms with Crippen LogP contribution in [0.4, 0.5) is 23.4 Å². The Morgan fingerprint density at radius 2 is 1.51 bits per heavy atom. The van der Waals surface area contributed by atoms with Gasteiger partial charge >= 0.3 is 6.18 Å². The molecule has 0 aliphatic carbocycles. The second-order valence-electron chi connectivity index (χ2n) is 8.09. The molecule has 5 aromatic rings. The number of anilines is 1. The highest BCUT2D eigenvalue weighted by Crippen LogP contribution is 2.32. The molecule has 35 heavy (non-hydrogen) atoms. The van der Waals surface area contributed by atoms with Crippen LogP contribution in [0.5, 0.6) is 0 Å². The Kier molecular flexibility index (Phi) is 5.91. The third-order valence-electron chi connectivity index (χ3n) is 5.71. The molecule has 0 spiro atoms. The lowest BCUT2D eigenvalue weighted by molar-refractivity contribution is -0.137. The van der Waals surface area contributed by atoms with Crippen LogP contribution in [0, 0.1) is 5.82 Å². The van der Waals surface area contributed by atoms with Gasteiger partial charge in [0.25, 0.3) is 0 Å². The van der Waals surface area contributed by atoms with E-state index in [0.717, 1.165) is 28.5 Å². The molecule has 5 rings (SSSR count). The van der Waals surface area contributed by atoms with E-state index in [2.05, 4.69) is 15.3 Å². The fraction of sp³-hybridized carbons (Fsp3) is 0.0714. The number of benzene rings is 3. The van der Waals surface area contributed by atoms with Crippen molar-refractivity contribution in [2.45, 2.75) is 12.7 Å². The first-order valence-corrected chi connectivity index (χ1v) is 10.9. The number of aromatic nitrogens is 2. The van der Waals surface area contributed by atoms with Crippen molar-refractivity contribution in [3.63, 3.8) is 0 Å². The number of rotatable bonds is 5. The van der Waals surface area contributed by atoms with Crippen molar-refractivity contribution < 1.29 is 17.6 Å². The lowest BCUT2D eigenvalue weighted by Gasteiger charge is -2.11. The molecule has 2 aromatic heterocycles. The average molecular weight is 473 g/mol. The summed E-state index contributed by atoms with van der Waals surface area (Å²) in [5.41, 5.74) is 2.85. The third-order valence-corrected chi connectivity index (χ3v) is 5.71. The van der Waals surface area contributed by atoms with Crippen LogP contribution in [0.3, 0.4) is 0 Å². The number of hydrogen-bond donors (Lipinski definition) is 1. The number of halogens is 4. The van der Waals surface area contributed by atoms with E-state index < -0.39 is 11.7 Å². The van der Waals surface area contributed by atoms with Gasteiger partial charge in [0.2, 0.25) is 0 Å². The fourth-order valence-electron chi connectivity index (χ4n) is 3.89. The molecule has 0 aliphatic heterocycles. The summed E-state index contributed by atoms with van der Waals surface area (Å²) in [4.78, 5) is 8.90. The standard InChI is InChI=1S/C28H19F4N3/c29-24-6-2-4-22(14-24)26-15-21-11-12-33-27(25(21)17-34-26)35-16-18-7-9-19(10-8-18)20-3-1-5-23(13-20)28(30,31)32/h1-15,17H,16H2,(H,33,35). The summed E-state index contributed by atoms with van der Waals surface area (Å²) in [6.45, 7) is 0.473. The molecule has 0 saturated heterocycles. The molecule has 2 heterocycles. The molecule has 7 heteroatoms. The van der Waals surface area contributed by atoms with E-state index in [9.17, 15) is 17.6 Å². The quantitative estimate of drug-likeness (QED) is 0.265. The van der Waals surface area contributed by atoms with Crippen LogP contribution in [-0.2, 0) is 12.7 Å². The Bertz CT molecular complexity index is 1490. The van der Waals surface area contributed by atoms with E-state index in [1.54, 1.807) is 42.7 Å². The Balaban J connectivity index is 1.33. The lowest BCUT2D eigenvalue weighted by Crippen LogP contribution is -2.04. The van der Waals surface area contributed by atoms with E-state index >= 15 is 0 Å². The smallest absolute Gasteiger partial charge is 0.365 e. The topological polar surface area (TPSA) is 37.8 Å². The summed E-state index contributed by atoms with van der Waals surface area (Å²) < 4.78 is 52.6. The molecule has 3 aromatic carbocycles.